The molecule has 2 atom stereocenters. The van der Waals surface area contributed by atoms with E-state index in [2.05, 4.69) is 5.32 Å². The van der Waals surface area contributed by atoms with Crippen LogP contribution < -0.4 is 11.1 Å². The summed E-state index contributed by atoms with van der Waals surface area (Å²) in [6.07, 6.45) is 1.32. The van der Waals surface area contributed by atoms with Crippen LogP contribution in [-0.2, 0) is 14.3 Å². The monoisotopic (exact) mass is 243 g/mol. The number of nitrogens with one attached hydrogen (secondary N) is 1. The van der Waals surface area contributed by atoms with Crippen LogP contribution in [0, 0.1) is 0 Å². The molecular formula is C11H21N3O3. The fourth-order valence-electron chi connectivity index (χ4n) is 1.97. The lowest BCUT2D eigenvalue weighted by Crippen LogP contribution is -2.45. The van der Waals surface area contributed by atoms with Gasteiger partial charge in [-0.25, -0.2) is 0 Å². The first-order valence-electron chi connectivity index (χ1n) is 5.85. The predicted octanol–water partition coefficient (Wildman–Crippen LogP) is -0.913. The van der Waals surface area contributed by atoms with E-state index in [9.17, 15) is 9.59 Å². The third kappa shape index (κ3) is 4.32. The zero-order valence-electron chi connectivity index (χ0n) is 10.4. The van der Waals surface area contributed by atoms with Gasteiger partial charge in [0.1, 0.15) is 0 Å². The normalized spacial score (nSPS) is 21.4. The van der Waals surface area contributed by atoms with Gasteiger partial charge in [0.2, 0.25) is 11.8 Å². The second kappa shape index (κ2) is 6.56. The molecule has 0 aliphatic carbocycles. The number of rotatable bonds is 5. The number of ether oxygens (including phenoxy) is 1. The highest BCUT2D eigenvalue weighted by molar-refractivity contribution is 5.82. The van der Waals surface area contributed by atoms with E-state index in [1.165, 1.54) is 6.92 Å². The van der Waals surface area contributed by atoms with Crippen LogP contribution in [0.4, 0.5) is 0 Å². The summed E-state index contributed by atoms with van der Waals surface area (Å²) in [6, 6.07) is -0.447. The number of amides is 2. The average molecular weight is 243 g/mol. The summed E-state index contributed by atoms with van der Waals surface area (Å²) in [5.41, 5.74) is 5.77. The van der Waals surface area contributed by atoms with Crippen LogP contribution in [0.15, 0.2) is 0 Å². The third-order valence-corrected chi connectivity index (χ3v) is 2.86. The Morgan fingerprint density at radius 3 is 2.88 bits per heavy atom. The molecule has 17 heavy (non-hydrogen) atoms. The van der Waals surface area contributed by atoms with E-state index in [0.717, 1.165) is 6.42 Å². The van der Waals surface area contributed by atoms with E-state index < -0.39 is 6.04 Å². The molecule has 0 aromatic heterocycles. The Morgan fingerprint density at radius 1 is 1.59 bits per heavy atom. The van der Waals surface area contributed by atoms with Gasteiger partial charge in [-0.2, -0.15) is 0 Å². The molecule has 1 aliphatic heterocycles. The van der Waals surface area contributed by atoms with Gasteiger partial charge in [0.05, 0.1) is 6.04 Å². The maximum Gasteiger partial charge on any atom is 0.239 e. The number of methoxy groups -OCH3 is 1. The molecule has 1 aliphatic rings. The molecule has 6 heteroatoms. The fraction of sp³-hybridized carbons (Fsp3) is 0.818. The SMILES string of the molecule is COCCC(N)C(=O)N1CCC(NC(C)=O)C1. The summed E-state index contributed by atoms with van der Waals surface area (Å²) in [6.45, 7) is 3.17. The van der Waals surface area contributed by atoms with Gasteiger partial charge >= 0.3 is 0 Å². The lowest BCUT2D eigenvalue weighted by Gasteiger charge is -2.20. The van der Waals surface area contributed by atoms with Crippen molar-refractivity contribution in [1.29, 1.82) is 0 Å². The number of carbonyl (C=O) groups is 2. The van der Waals surface area contributed by atoms with Gasteiger partial charge in [0.15, 0.2) is 0 Å². The van der Waals surface area contributed by atoms with Gasteiger partial charge < -0.3 is 20.7 Å². The lowest BCUT2D eigenvalue weighted by atomic mass is 10.2. The molecule has 98 valence electrons. The van der Waals surface area contributed by atoms with Crippen LogP contribution in [0.5, 0.6) is 0 Å². The molecule has 0 bridgehead atoms. The molecule has 6 nitrogen and oxygen atoms in total. The Bertz CT molecular complexity index is 283. The highest BCUT2D eigenvalue weighted by Gasteiger charge is 2.29. The zero-order valence-corrected chi connectivity index (χ0v) is 10.4. The molecular weight excluding hydrogens is 222 g/mol. The van der Waals surface area contributed by atoms with Crippen molar-refractivity contribution < 1.29 is 14.3 Å². The number of carbonyl (C=O) groups excluding carboxylic acids is 2. The standard InChI is InChI=1S/C11H21N3O3/c1-8(15)13-9-3-5-14(7-9)11(16)10(12)4-6-17-2/h9-10H,3-7,12H2,1-2H3,(H,13,15). The molecule has 1 heterocycles. The molecule has 1 saturated heterocycles. The molecule has 2 unspecified atom stereocenters. The van der Waals surface area contributed by atoms with Crippen LogP contribution in [0.2, 0.25) is 0 Å². The number of nitrogens with zero attached hydrogens (tertiary/aromatic N) is 1. The summed E-state index contributed by atoms with van der Waals surface area (Å²) in [5, 5.41) is 2.81. The number of likely N-dealkylation sites (tertiary alicyclic amines) is 1. The summed E-state index contributed by atoms with van der Waals surface area (Å²) in [7, 11) is 1.58. The molecule has 1 rings (SSSR count). The molecule has 0 aromatic carbocycles. The Morgan fingerprint density at radius 2 is 2.29 bits per heavy atom. The Kier molecular flexibility index (Phi) is 5.37. The maximum absolute atomic E-state index is 11.9. The van der Waals surface area contributed by atoms with E-state index in [-0.39, 0.29) is 17.9 Å². The Labute approximate surface area is 101 Å². The smallest absolute Gasteiger partial charge is 0.239 e. The Hall–Kier alpha value is -1.14. The first-order chi connectivity index (χ1) is 8.04. The predicted molar refractivity (Wildman–Crippen MR) is 63.3 cm³/mol. The van der Waals surface area contributed by atoms with E-state index in [0.29, 0.717) is 26.1 Å². The Balaban J connectivity index is 2.36. The molecule has 2 amide bonds. The average Bonchev–Trinajstić information content (AvgIpc) is 2.72. The van der Waals surface area contributed by atoms with Crippen molar-refractivity contribution in [2.24, 2.45) is 5.73 Å². The second-order valence-electron chi connectivity index (χ2n) is 4.36. The van der Waals surface area contributed by atoms with E-state index in [1.54, 1.807) is 12.0 Å². The van der Waals surface area contributed by atoms with Crippen LogP contribution in [0.25, 0.3) is 0 Å². The van der Waals surface area contributed by atoms with Crippen LogP contribution in [0.1, 0.15) is 19.8 Å². The highest BCUT2D eigenvalue weighted by atomic mass is 16.5. The van der Waals surface area contributed by atoms with E-state index in [1.807, 2.05) is 0 Å². The van der Waals surface area contributed by atoms with Crippen molar-refractivity contribution in [3.05, 3.63) is 0 Å². The van der Waals surface area contributed by atoms with Crippen LogP contribution >= 0.6 is 0 Å². The van der Waals surface area contributed by atoms with Gasteiger partial charge in [0, 0.05) is 39.8 Å². The van der Waals surface area contributed by atoms with Crippen LogP contribution in [0.3, 0.4) is 0 Å². The number of hydrogen-bond donors (Lipinski definition) is 2. The maximum atomic E-state index is 11.9. The van der Waals surface area contributed by atoms with Crippen molar-refractivity contribution in [3.63, 3.8) is 0 Å². The fourth-order valence-corrected chi connectivity index (χ4v) is 1.97. The summed E-state index contributed by atoms with van der Waals surface area (Å²) >= 11 is 0. The van der Waals surface area contributed by atoms with Gasteiger partial charge in [0.25, 0.3) is 0 Å². The van der Waals surface area contributed by atoms with E-state index >= 15 is 0 Å². The van der Waals surface area contributed by atoms with Gasteiger partial charge in [-0.05, 0) is 12.8 Å². The minimum atomic E-state index is -0.508. The first-order valence-corrected chi connectivity index (χ1v) is 5.85. The van der Waals surface area contributed by atoms with Gasteiger partial charge in [-0.15, -0.1) is 0 Å². The molecule has 0 radical (unpaired) electrons. The second-order valence-corrected chi connectivity index (χ2v) is 4.36. The highest BCUT2D eigenvalue weighted by Crippen LogP contribution is 2.11. The molecule has 0 spiro atoms. The van der Waals surface area contributed by atoms with Crippen molar-refractivity contribution >= 4 is 11.8 Å². The minimum Gasteiger partial charge on any atom is -0.385 e. The molecule has 3 N–H and O–H groups in total. The van der Waals surface area contributed by atoms with Crippen molar-refractivity contribution in [1.82, 2.24) is 10.2 Å². The molecule has 0 aromatic rings. The zero-order chi connectivity index (χ0) is 12.8. The van der Waals surface area contributed by atoms with Crippen molar-refractivity contribution in [2.75, 3.05) is 26.8 Å². The molecule has 1 fully saturated rings. The summed E-state index contributed by atoms with van der Waals surface area (Å²) in [5.74, 6) is -0.122. The third-order valence-electron chi connectivity index (χ3n) is 2.86. The lowest BCUT2D eigenvalue weighted by molar-refractivity contribution is -0.132. The van der Waals surface area contributed by atoms with E-state index in [4.69, 9.17) is 10.5 Å². The van der Waals surface area contributed by atoms with Crippen LogP contribution in [-0.4, -0.2) is 55.6 Å². The van der Waals surface area contributed by atoms with Gasteiger partial charge in [-0.3, -0.25) is 9.59 Å². The largest absolute Gasteiger partial charge is 0.385 e. The van der Waals surface area contributed by atoms with Crippen molar-refractivity contribution in [3.8, 4) is 0 Å². The topological polar surface area (TPSA) is 84.7 Å². The minimum absolute atomic E-state index is 0.0603. The molecule has 0 saturated carbocycles. The first kappa shape index (κ1) is 13.9. The van der Waals surface area contributed by atoms with Gasteiger partial charge in [-0.1, -0.05) is 0 Å². The number of nitrogens with two attached hydrogens (primary N) is 1. The number of hydrogen-bond acceptors (Lipinski definition) is 4. The van der Waals surface area contributed by atoms with Crippen molar-refractivity contribution in [2.45, 2.75) is 31.8 Å². The summed E-state index contributed by atoms with van der Waals surface area (Å²) in [4.78, 5) is 24.5. The summed E-state index contributed by atoms with van der Waals surface area (Å²) < 4.78 is 4.89. The quantitative estimate of drug-likeness (QED) is 0.654.